The summed E-state index contributed by atoms with van der Waals surface area (Å²) in [6, 6.07) is 0. The average molecular weight is 348 g/mol. The molecule has 7 heteroatoms. The smallest absolute Gasteiger partial charge is 0.283 e. The number of anilines is 1. The fourth-order valence-electron chi connectivity index (χ4n) is 1.81. The molecule has 1 rings (SSSR count). The number of methoxy groups -OCH3 is 1. The third-order valence-electron chi connectivity index (χ3n) is 3.19. The molecule has 0 fully saturated rings. The summed E-state index contributed by atoms with van der Waals surface area (Å²) in [5.74, 6) is 0.378. The Labute approximate surface area is 127 Å². The van der Waals surface area contributed by atoms with Crippen LogP contribution >= 0.6 is 15.9 Å². The standard InChI is InChI=1S/C13H22BrN3O3/c1-3-10(4-6-18)8-15-11-9-16-17(5-7-20-2)13(19)12(11)14/h9-10,15,18H,3-8H2,1-2H3. The zero-order valence-corrected chi connectivity index (χ0v) is 13.5. The lowest BCUT2D eigenvalue weighted by molar-refractivity contribution is 0.181. The number of ether oxygens (including phenoxy) is 1. The van der Waals surface area contributed by atoms with E-state index in [-0.39, 0.29) is 12.2 Å². The molecule has 1 aromatic rings. The lowest BCUT2D eigenvalue weighted by Gasteiger charge is -2.16. The van der Waals surface area contributed by atoms with Gasteiger partial charge in [0.25, 0.3) is 5.56 Å². The molecule has 0 spiro atoms. The number of hydrogen-bond acceptors (Lipinski definition) is 5. The first-order valence-electron chi connectivity index (χ1n) is 6.73. The van der Waals surface area contributed by atoms with Crippen LogP contribution in [0, 0.1) is 5.92 Å². The molecule has 114 valence electrons. The van der Waals surface area contributed by atoms with Crippen LogP contribution in [0.4, 0.5) is 5.69 Å². The summed E-state index contributed by atoms with van der Waals surface area (Å²) >= 11 is 3.31. The summed E-state index contributed by atoms with van der Waals surface area (Å²) in [6.07, 6.45) is 3.36. The van der Waals surface area contributed by atoms with Gasteiger partial charge in [-0.05, 0) is 28.3 Å². The van der Waals surface area contributed by atoms with Crippen LogP contribution in [-0.2, 0) is 11.3 Å². The van der Waals surface area contributed by atoms with E-state index in [1.165, 1.54) is 4.68 Å². The molecular formula is C13H22BrN3O3. The Morgan fingerprint density at radius 3 is 2.95 bits per heavy atom. The summed E-state index contributed by atoms with van der Waals surface area (Å²) < 4.78 is 6.78. The first kappa shape index (κ1) is 17.1. The van der Waals surface area contributed by atoms with Crippen molar-refractivity contribution >= 4 is 21.6 Å². The van der Waals surface area contributed by atoms with E-state index in [0.29, 0.717) is 35.8 Å². The van der Waals surface area contributed by atoms with Gasteiger partial charge < -0.3 is 15.2 Å². The zero-order chi connectivity index (χ0) is 15.0. The molecule has 0 bridgehead atoms. The summed E-state index contributed by atoms with van der Waals surface area (Å²) in [6.45, 7) is 3.84. The molecule has 20 heavy (non-hydrogen) atoms. The SMILES string of the molecule is CCC(CCO)CNc1cnn(CCOC)c(=O)c1Br. The molecule has 0 aliphatic heterocycles. The predicted molar refractivity (Wildman–Crippen MR) is 82.0 cm³/mol. The van der Waals surface area contributed by atoms with Crippen LogP contribution in [0.2, 0.25) is 0 Å². The number of aliphatic hydroxyl groups excluding tert-OH is 1. The van der Waals surface area contributed by atoms with Crippen LogP contribution in [0.15, 0.2) is 15.5 Å². The van der Waals surface area contributed by atoms with E-state index in [1.54, 1.807) is 13.3 Å². The maximum absolute atomic E-state index is 12.1. The van der Waals surface area contributed by atoms with Gasteiger partial charge in [-0.1, -0.05) is 13.3 Å². The number of hydrogen-bond donors (Lipinski definition) is 2. The molecule has 0 amide bonds. The molecule has 1 unspecified atom stereocenters. The number of halogens is 1. The molecule has 1 atom stereocenters. The van der Waals surface area contributed by atoms with E-state index < -0.39 is 0 Å². The van der Waals surface area contributed by atoms with E-state index >= 15 is 0 Å². The maximum atomic E-state index is 12.1. The molecular weight excluding hydrogens is 326 g/mol. The van der Waals surface area contributed by atoms with Gasteiger partial charge in [-0.3, -0.25) is 4.79 Å². The third-order valence-corrected chi connectivity index (χ3v) is 3.95. The molecule has 0 radical (unpaired) electrons. The minimum Gasteiger partial charge on any atom is -0.396 e. The average Bonchev–Trinajstić information content (AvgIpc) is 2.46. The number of rotatable bonds is 9. The lowest BCUT2D eigenvalue weighted by Crippen LogP contribution is -2.27. The van der Waals surface area contributed by atoms with Gasteiger partial charge in [-0.2, -0.15) is 5.10 Å². The number of aromatic nitrogens is 2. The summed E-state index contributed by atoms with van der Waals surface area (Å²) in [7, 11) is 1.59. The normalized spacial score (nSPS) is 12.4. The quantitative estimate of drug-likeness (QED) is 0.707. The fraction of sp³-hybridized carbons (Fsp3) is 0.692. The first-order valence-corrected chi connectivity index (χ1v) is 7.52. The Kier molecular flexibility index (Phi) is 7.79. The molecule has 0 aromatic carbocycles. The van der Waals surface area contributed by atoms with Gasteiger partial charge in [0, 0.05) is 20.3 Å². The highest BCUT2D eigenvalue weighted by Gasteiger charge is 2.11. The van der Waals surface area contributed by atoms with Crippen molar-refractivity contribution in [1.29, 1.82) is 0 Å². The van der Waals surface area contributed by atoms with Gasteiger partial charge in [-0.25, -0.2) is 4.68 Å². The second kappa shape index (κ2) is 9.10. The van der Waals surface area contributed by atoms with Gasteiger partial charge in [0.15, 0.2) is 0 Å². The van der Waals surface area contributed by atoms with Crippen LogP contribution in [0.5, 0.6) is 0 Å². The third kappa shape index (κ3) is 4.88. The van der Waals surface area contributed by atoms with Gasteiger partial charge in [0.1, 0.15) is 4.47 Å². The van der Waals surface area contributed by atoms with E-state index in [4.69, 9.17) is 9.84 Å². The van der Waals surface area contributed by atoms with Crippen LogP contribution in [0.1, 0.15) is 19.8 Å². The van der Waals surface area contributed by atoms with Crippen molar-refractivity contribution in [2.24, 2.45) is 5.92 Å². The second-order valence-corrected chi connectivity index (χ2v) is 5.35. The Hall–Kier alpha value is -0.920. The monoisotopic (exact) mass is 347 g/mol. The Bertz CT molecular complexity index is 465. The summed E-state index contributed by atoms with van der Waals surface area (Å²) in [4.78, 5) is 12.1. The van der Waals surface area contributed by atoms with Crippen LogP contribution in [0.3, 0.4) is 0 Å². The zero-order valence-electron chi connectivity index (χ0n) is 11.9. The Balaban J connectivity index is 2.72. The largest absolute Gasteiger partial charge is 0.396 e. The molecule has 0 saturated carbocycles. The summed E-state index contributed by atoms with van der Waals surface area (Å²) in [5, 5.41) is 16.3. The highest BCUT2D eigenvalue weighted by molar-refractivity contribution is 9.10. The van der Waals surface area contributed by atoms with E-state index in [2.05, 4.69) is 33.3 Å². The van der Waals surface area contributed by atoms with Crippen molar-refractivity contribution in [3.05, 3.63) is 21.0 Å². The topological polar surface area (TPSA) is 76.4 Å². The van der Waals surface area contributed by atoms with E-state index in [9.17, 15) is 4.79 Å². The van der Waals surface area contributed by atoms with Crippen LogP contribution < -0.4 is 10.9 Å². The summed E-state index contributed by atoms with van der Waals surface area (Å²) in [5.41, 5.74) is 0.502. The predicted octanol–water partition coefficient (Wildman–Crippen LogP) is 1.47. The Morgan fingerprint density at radius 2 is 2.35 bits per heavy atom. The molecule has 0 aliphatic rings. The van der Waals surface area contributed by atoms with Crippen molar-refractivity contribution in [2.45, 2.75) is 26.3 Å². The molecule has 0 aliphatic carbocycles. The number of nitrogens with zero attached hydrogens (tertiary/aromatic N) is 2. The maximum Gasteiger partial charge on any atom is 0.283 e. The van der Waals surface area contributed by atoms with Crippen molar-refractivity contribution in [3.8, 4) is 0 Å². The van der Waals surface area contributed by atoms with E-state index in [1.807, 2.05) is 0 Å². The van der Waals surface area contributed by atoms with Crippen LogP contribution in [-0.4, -0.2) is 41.8 Å². The highest BCUT2D eigenvalue weighted by Crippen LogP contribution is 2.17. The minimum absolute atomic E-state index is 0.178. The molecule has 1 aromatic heterocycles. The second-order valence-electron chi connectivity index (χ2n) is 4.56. The van der Waals surface area contributed by atoms with Gasteiger partial charge >= 0.3 is 0 Å². The van der Waals surface area contributed by atoms with Crippen molar-refractivity contribution in [3.63, 3.8) is 0 Å². The molecule has 1 heterocycles. The van der Waals surface area contributed by atoms with Crippen molar-refractivity contribution in [1.82, 2.24) is 9.78 Å². The lowest BCUT2D eigenvalue weighted by atomic mass is 10.0. The Morgan fingerprint density at radius 1 is 1.60 bits per heavy atom. The van der Waals surface area contributed by atoms with Gasteiger partial charge in [0.05, 0.1) is 25.0 Å². The van der Waals surface area contributed by atoms with Gasteiger partial charge in [-0.15, -0.1) is 0 Å². The molecule has 6 nitrogen and oxygen atoms in total. The minimum atomic E-state index is -0.178. The molecule has 0 saturated heterocycles. The van der Waals surface area contributed by atoms with E-state index in [0.717, 1.165) is 12.8 Å². The highest BCUT2D eigenvalue weighted by atomic mass is 79.9. The van der Waals surface area contributed by atoms with Crippen molar-refractivity contribution in [2.75, 3.05) is 32.2 Å². The fourth-order valence-corrected chi connectivity index (χ4v) is 2.26. The van der Waals surface area contributed by atoms with Crippen LogP contribution in [0.25, 0.3) is 0 Å². The molecule has 2 N–H and O–H groups in total. The number of aliphatic hydroxyl groups is 1. The first-order chi connectivity index (χ1) is 9.63. The number of nitrogens with one attached hydrogen (secondary N) is 1. The van der Waals surface area contributed by atoms with Gasteiger partial charge in [0.2, 0.25) is 0 Å². The van der Waals surface area contributed by atoms with Crippen molar-refractivity contribution < 1.29 is 9.84 Å².